The molecule has 1 rings (SSSR count). The minimum Gasteiger partial charge on any atom is -0.480 e. The molecule has 0 radical (unpaired) electrons. The molecule has 0 spiro atoms. The van der Waals surface area contributed by atoms with Gasteiger partial charge < -0.3 is 14.9 Å². The summed E-state index contributed by atoms with van der Waals surface area (Å²) in [5, 5.41) is 16.1. The zero-order valence-corrected chi connectivity index (χ0v) is 9.42. The predicted molar refractivity (Wildman–Crippen MR) is 57.7 cm³/mol. The lowest BCUT2D eigenvalue weighted by atomic mass is 10.3. The van der Waals surface area contributed by atoms with Crippen molar-refractivity contribution < 1.29 is 19.7 Å². The van der Waals surface area contributed by atoms with Crippen molar-refractivity contribution in [3.8, 4) is 5.75 Å². The average Bonchev–Trinajstić information content (AvgIpc) is 2.19. The van der Waals surface area contributed by atoms with Gasteiger partial charge >= 0.3 is 5.97 Å². The Hall–Kier alpha value is -0.970. The molecule has 0 saturated heterocycles. The molecule has 0 unspecified atom stereocenters. The van der Waals surface area contributed by atoms with Gasteiger partial charge in [0.05, 0.1) is 5.02 Å². The van der Waals surface area contributed by atoms with E-state index in [1.807, 2.05) is 0 Å². The summed E-state index contributed by atoms with van der Waals surface area (Å²) in [5.74, 6) is -0.737. The van der Waals surface area contributed by atoms with E-state index in [2.05, 4.69) is 0 Å². The molecule has 0 atom stereocenters. The summed E-state index contributed by atoms with van der Waals surface area (Å²) in [6, 6.07) is 4.58. The van der Waals surface area contributed by atoms with Gasteiger partial charge in [0.1, 0.15) is 5.75 Å². The number of aliphatic hydroxyl groups excluding tert-OH is 1. The van der Waals surface area contributed by atoms with Gasteiger partial charge in [-0.1, -0.05) is 23.2 Å². The maximum absolute atomic E-state index is 10.2. The van der Waals surface area contributed by atoms with Crippen LogP contribution in [0.1, 0.15) is 0 Å². The number of hydrogen-bond acceptors (Lipinski definition) is 3. The smallest absolute Gasteiger partial charge is 0.341 e. The average molecular weight is 253 g/mol. The summed E-state index contributed by atoms with van der Waals surface area (Å²) in [6.07, 6.45) is 0. The molecule has 0 heterocycles. The fourth-order valence-corrected chi connectivity index (χ4v) is 1.19. The van der Waals surface area contributed by atoms with Crippen molar-refractivity contribution in [1.29, 1.82) is 0 Å². The van der Waals surface area contributed by atoms with E-state index >= 15 is 0 Å². The topological polar surface area (TPSA) is 66.8 Å². The van der Waals surface area contributed by atoms with E-state index < -0.39 is 12.6 Å². The number of carbonyl (C=O) groups is 1. The van der Waals surface area contributed by atoms with Gasteiger partial charge in [-0.2, -0.15) is 0 Å². The van der Waals surface area contributed by atoms with Crippen molar-refractivity contribution in [2.24, 2.45) is 0 Å². The van der Waals surface area contributed by atoms with Crippen LogP contribution in [0.5, 0.6) is 5.75 Å². The number of ether oxygens (including phenoxy) is 1. The summed E-state index contributed by atoms with van der Waals surface area (Å²) >= 11 is 11.3. The SMILES string of the molecule is CO.O=C(O)COc1ccc(Cl)cc1Cl. The van der Waals surface area contributed by atoms with Crippen LogP contribution in [0, 0.1) is 0 Å². The van der Waals surface area contributed by atoms with Gasteiger partial charge in [-0.15, -0.1) is 0 Å². The molecular weight excluding hydrogens is 243 g/mol. The van der Waals surface area contributed by atoms with E-state index in [1.165, 1.54) is 12.1 Å². The molecule has 4 nitrogen and oxygen atoms in total. The fraction of sp³-hybridized carbons (Fsp3) is 0.222. The van der Waals surface area contributed by atoms with Crippen LogP contribution in [0.15, 0.2) is 18.2 Å². The van der Waals surface area contributed by atoms with Crippen LogP contribution >= 0.6 is 23.2 Å². The molecule has 0 bridgehead atoms. The summed E-state index contributed by atoms with van der Waals surface area (Å²) in [5.41, 5.74) is 0. The first-order valence-electron chi connectivity index (χ1n) is 3.84. The van der Waals surface area contributed by atoms with Crippen LogP contribution < -0.4 is 4.74 Å². The zero-order chi connectivity index (χ0) is 11.8. The Morgan fingerprint density at radius 2 is 2.00 bits per heavy atom. The van der Waals surface area contributed by atoms with Crippen molar-refractivity contribution in [2.75, 3.05) is 13.7 Å². The quantitative estimate of drug-likeness (QED) is 0.865. The lowest BCUT2D eigenvalue weighted by molar-refractivity contribution is -0.139. The van der Waals surface area contributed by atoms with Crippen molar-refractivity contribution >= 4 is 29.2 Å². The Morgan fingerprint density at radius 1 is 1.40 bits per heavy atom. The van der Waals surface area contributed by atoms with Crippen LogP contribution in [0.3, 0.4) is 0 Å². The van der Waals surface area contributed by atoms with Gasteiger partial charge in [-0.05, 0) is 18.2 Å². The Kier molecular flexibility index (Phi) is 6.86. The highest BCUT2D eigenvalue weighted by Gasteiger charge is 2.04. The van der Waals surface area contributed by atoms with E-state index in [0.717, 1.165) is 7.11 Å². The zero-order valence-electron chi connectivity index (χ0n) is 7.91. The molecule has 84 valence electrons. The van der Waals surface area contributed by atoms with Crippen LogP contribution in [-0.2, 0) is 4.79 Å². The van der Waals surface area contributed by atoms with E-state index in [9.17, 15) is 4.79 Å². The number of hydrogen-bond donors (Lipinski definition) is 2. The van der Waals surface area contributed by atoms with Gasteiger partial charge in [-0.3, -0.25) is 0 Å². The summed E-state index contributed by atoms with van der Waals surface area (Å²) in [7, 11) is 1.00. The van der Waals surface area contributed by atoms with Crippen LogP contribution in [0.2, 0.25) is 10.0 Å². The molecule has 15 heavy (non-hydrogen) atoms. The van der Waals surface area contributed by atoms with Gasteiger partial charge in [0.2, 0.25) is 0 Å². The molecule has 1 aromatic carbocycles. The van der Waals surface area contributed by atoms with Crippen molar-refractivity contribution in [3.63, 3.8) is 0 Å². The second-order valence-electron chi connectivity index (χ2n) is 2.26. The van der Waals surface area contributed by atoms with Gasteiger partial charge in [-0.25, -0.2) is 4.79 Å². The largest absolute Gasteiger partial charge is 0.480 e. The maximum Gasteiger partial charge on any atom is 0.341 e. The molecule has 6 heteroatoms. The monoisotopic (exact) mass is 252 g/mol. The number of carboxylic acid groups (broad SMARTS) is 1. The van der Waals surface area contributed by atoms with E-state index in [-0.39, 0.29) is 0 Å². The molecule has 0 aliphatic rings. The fourth-order valence-electron chi connectivity index (χ4n) is 0.732. The molecular formula is C9H10Cl2O4. The van der Waals surface area contributed by atoms with E-state index in [4.69, 9.17) is 38.2 Å². The minimum absolute atomic E-state index is 0.300. The standard InChI is InChI=1S/C8H6Cl2O3.CH4O/c9-5-1-2-7(6(10)3-5)13-4-8(11)12;1-2/h1-3H,4H2,(H,11,12);2H,1H3. The Morgan fingerprint density at radius 3 is 2.47 bits per heavy atom. The van der Waals surface area contributed by atoms with Crippen LogP contribution in [-0.4, -0.2) is 29.9 Å². The van der Waals surface area contributed by atoms with Gasteiger partial charge in [0.15, 0.2) is 6.61 Å². The molecule has 0 aliphatic carbocycles. The van der Waals surface area contributed by atoms with E-state index in [1.54, 1.807) is 6.07 Å². The second kappa shape index (κ2) is 7.34. The van der Waals surface area contributed by atoms with Crippen molar-refractivity contribution in [1.82, 2.24) is 0 Å². The molecule has 2 N–H and O–H groups in total. The van der Waals surface area contributed by atoms with Crippen LogP contribution in [0.25, 0.3) is 0 Å². The number of aliphatic hydroxyl groups is 1. The highest BCUT2D eigenvalue weighted by atomic mass is 35.5. The van der Waals surface area contributed by atoms with E-state index in [0.29, 0.717) is 15.8 Å². The van der Waals surface area contributed by atoms with Crippen molar-refractivity contribution in [3.05, 3.63) is 28.2 Å². The molecule has 1 aromatic rings. The first-order chi connectivity index (χ1) is 7.09. The lowest BCUT2D eigenvalue weighted by Gasteiger charge is -2.04. The number of carboxylic acids is 1. The first-order valence-corrected chi connectivity index (χ1v) is 4.59. The number of benzene rings is 1. The second-order valence-corrected chi connectivity index (χ2v) is 3.10. The van der Waals surface area contributed by atoms with Gasteiger partial charge in [0, 0.05) is 12.1 Å². The summed E-state index contributed by atoms with van der Waals surface area (Å²) < 4.78 is 4.86. The molecule has 0 saturated carbocycles. The van der Waals surface area contributed by atoms with Crippen molar-refractivity contribution in [2.45, 2.75) is 0 Å². The molecule has 0 amide bonds. The Labute approximate surface area is 97.0 Å². The normalized spacial score (nSPS) is 8.80. The molecule has 0 fully saturated rings. The van der Waals surface area contributed by atoms with Crippen LogP contribution in [0.4, 0.5) is 0 Å². The summed E-state index contributed by atoms with van der Waals surface area (Å²) in [4.78, 5) is 10.2. The molecule has 0 aliphatic heterocycles. The highest BCUT2D eigenvalue weighted by molar-refractivity contribution is 6.35. The minimum atomic E-state index is -1.05. The highest BCUT2D eigenvalue weighted by Crippen LogP contribution is 2.27. The number of aliphatic carboxylic acids is 1. The Balaban J connectivity index is 0.000000921. The number of halogens is 2. The predicted octanol–water partition coefficient (Wildman–Crippen LogP) is 2.07. The molecule has 0 aromatic heterocycles. The van der Waals surface area contributed by atoms with Gasteiger partial charge in [0.25, 0.3) is 0 Å². The third kappa shape index (κ3) is 5.47. The third-order valence-electron chi connectivity index (χ3n) is 1.25. The number of rotatable bonds is 3. The lowest BCUT2D eigenvalue weighted by Crippen LogP contribution is -2.09. The first kappa shape index (κ1) is 14.0. The Bertz CT molecular complexity index is 328. The maximum atomic E-state index is 10.2. The third-order valence-corrected chi connectivity index (χ3v) is 1.78. The summed E-state index contributed by atoms with van der Waals surface area (Å²) in [6.45, 7) is -0.415.